The van der Waals surface area contributed by atoms with Gasteiger partial charge in [-0.1, -0.05) is 29.8 Å². The molecule has 0 atom stereocenters. The lowest BCUT2D eigenvalue weighted by atomic mass is 10.2. The molecule has 1 heterocycles. The SMILES string of the molecule is N#CCCN(CC(=O)c1ccc(Cl)s1)c1ccccc1. The summed E-state index contributed by atoms with van der Waals surface area (Å²) in [5, 5.41) is 8.74. The van der Waals surface area contributed by atoms with Crippen LogP contribution in [0.4, 0.5) is 5.69 Å². The maximum Gasteiger partial charge on any atom is 0.192 e. The molecule has 20 heavy (non-hydrogen) atoms. The maximum absolute atomic E-state index is 12.2. The van der Waals surface area contributed by atoms with Crippen LogP contribution in [0, 0.1) is 11.3 Å². The van der Waals surface area contributed by atoms with Gasteiger partial charge in [-0.05, 0) is 24.3 Å². The summed E-state index contributed by atoms with van der Waals surface area (Å²) < 4.78 is 0.608. The molecule has 0 aliphatic rings. The van der Waals surface area contributed by atoms with Gasteiger partial charge in [-0.25, -0.2) is 0 Å². The quantitative estimate of drug-likeness (QED) is 0.758. The lowest BCUT2D eigenvalue weighted by Crippen LogP contribution is -2.30. The second-order valence-corrected chi connectivity index (χ2v) is 5.91. The van der Waals surface area contributed by atoms with Crippen LogP contribution < -0.4 is 4.90 Å². The second kappa shape index (κ2) is 7.09. The van der Waals surface area contributed by atoms with Crippen LogP contribution in [0.3, 0.4) is 0 Å². The van der Waals surface area contributed by atoms with Gasteiger partial charge in [0.05, 0.1) is 28.2 Å². The molecule has 1 aromatic heterocycles. The second-order valence-electron chi connectivity index (χ2n) is 4.19. The van der Waals surface area contributed by atoms with Crippen LogP contribution in [-0.2, 0) is 0 Å². The van der Waals surface area contributed by atoms with Crippen LogP contribution in [0.15, 0.2) is 42.5 Å². The third kappa shape index (κ3) is 3.83. The number of carbonyl (C=O) groups excluding carboxylic acids is 1. The summed E-state index contributed by atoms with van der Waals surface area (Å²) >= 11 is 7.13. The van der Waals surface area contributed by atoms with Crippen molar-refractivity contribution in [3.8, 4) is 6.07 Å². The summed E-state index contributed by atoms with van der Waals surface area (Å²) in [6.45, 7) is 0.786. The molecule has 0 N–H and O–H groups in total. The third-order valence-corrected chi connectivity index (χ3v) is 4.07. The summed E-state index contributed by atoms with van der Waals surface area (Å²) in [4.78, 5) is 14.8. The fraction of sp³-hybridized carbons (Fsp3) is 0.200. The average Bonchev–Trinajstić information content (AvgIpc) is 2.91. The summed E-state index contributed by atoms with van der Waals surface area (Å²) in [6, 6.07) is 15.2. The Bertz CT molecular complexity index is 618. The molecule has 2 rings (SSSR count). The summed E-state index contributed by atoms with van der Waals surface area (Å²) in [6.07, 6.45) is 0.382. The van der Waals surface area contributed by atoms with Crippen molar-refractivity contribution in [1.29, 1.82) is 5.26 Å². The maximum atomic E-state index is 12.2. The van der Waals surface area contributed by atoms with Gasteiger partial charge in [-0.3, -0.25) is 4.79 Å². The minimum absolute atomic E-state index is 0.0173. The average molecular weight is 305 g/mol. The number of carbonyl (C=O) groups is 1. The Morgan fingerprint density at radius 2 is 2.00 bits per heavy atom. The number of hydrogen-bond acceptors (Lipinski definition) is 4. The highest BCUT2D eigenvalue weighted by Gasteiger charge is 2.14. The van der Waals surface area contributed by atoms with Gasteiger partial charge >= 0.3 is 0 Å². The predicted octanol–water partition coefficient (Wildman–Crippen LogP) is 4.00. The van der Waals surface area contributed by atoms with Crippen LogP contribution in [0.1, 0.15) is 16.1 Å². The number of thiophene rings is 1. The van der Waals surface area contributed by atoms with E-state index in [1.54, 1.807) is 12.1 Å². The van der Waals surface area contributed by atoms with Crippen molar-refractivity contribution in [2.24, 2.45) is 0 Å². The molecule has 102 valence electrons. The third-order valence-electron chi connectivity index (χ3n) is 2.80. The van der Waals surface area contributed by atoms with E-state index in [-0.39, 0.29) is 12.3 Å². The number of ketones is 1. The standard InChI is InChI=1S/C15H13ClN2OS/c16-15-8-7-14(20-15)13(19)11-18(10-4-9-17)12-5-2-1-3-6-12/h1-3,5-8H,4,10-11H2. The molecule has 0 radical (unpaired) electrons. The Morgan fingerprint density at radius 1 is 1.25 bits per heavy atom. The number of anilines is 1. The smallest absolute Gasteiger partial charge is 0.192 e. The molecule has 0 aliphatic heterocycles. The molecule has 0 bridgehead atoms. The lowest BCUT2D eigenvalue weighted by Gasteiger charge is -2.22. The van der Waals surface area contributed by atoms with Gasteiger partial charge in [0, 0.05) is 12.2 Å². The monoisotopic (exact) mass is 304 g/mol. The van der Waals surface area contributed by atoms with Crippen molar-refractivity contribution in [3.05, 3.63) is 51.7 Å². The van der Waals surface area contributed by atoms with E-state index in [0.717, 1.165) is 5.69 Å². The van der Waals surface area contributed by atoms with E-state index >= 15 is 0 Å². The van der Waals surface area contributed by atoms with E-state index in [1.165, 1.54) is 11.3 Å². The van der Waals surface area contributed by atoms with E-state index < -0.39 is 0 Å². The Kier molecular flexibility index (Phi) is 5.16. The number of para-hydroxylation sites is 1. The molecule has 1 aromatic carbocycles. The molecule has 3 nitrogen and oxygen atoms in total. The molecule has 0 saturated carbocycles. The zero-order valence-electron chi connectivity index (χ0n) is 10.8. The molecule has 0 amide bonds. The zero-order valence-corrected chi connectivity index (χ0v) is 12.3. The van der Waals surface area contributed by atoms with Gasteiger partial charge in [0.2, 0.25) is 0 Å². The highest BCUT2D eigenvalue weighted by Crippen LogP contribution is 2.23. The predicted molar refractivity (Wildman–Crippen MR) is 82.5 cm³/mol. The number of halogens is 1. The largest absolute Gasteiger partial charge is 0.363 e. The molecular weight excluding hydrogens is 292 g/mol. The highest BCUT2D eigenvalue weighted by atomic mass is 35.5. The number of rotatable bonds is 6. The van der Waals surface area contributed by atoms with Crippen molar-refractivity contribution in [3.63, 3.8) is 0 Å². The number of benzene rings is 1. The van der Waals surface area contributed by atoms with E-state index in [2.05, 4.69) is 6.07 Å². The number of nitriles is 1. The normalized spacial score (nSPS) is 10.0. The van der Waals surface area contributed by atoms with Crippen LogP contribution in [0.2, 0.25) is 4.34 Å². The Hall–Kier alpha value is -1.83. The first kappa shape index (κ1) is 14.6. The number of hydrogen-bond donors (Lipinski definition) is 0. The van der Waals surface area contributed by atoms with Crippen molar-refractivity contribution in [2.45, 2.75) is 6.42 Å². The molecule has 2 aromatic rings. The molecular formula is C15H13ClN2OS. The minimum Gasteiger partial charge on any atom is -0.363 e. The summed E-state index contributed by atoms with van der Waals surface area (Å²) in [7, 11) is 0. The molecule has 0 fully saturated rings. The Balaban J connectivity index is 2.12. The van der Waals surface area contributed by atoms with Crippen LogP contribution in [0.5, 0.6) is 0 Å². The number of Topliss-reactive ketones (excluding diaryl/α,β-unsaturated/α-hetero) is 1. The molecule has 0 aliphatic carbocycles. The van der Waals surface area contributed by atoms with Crippen molar-refractivity contribution in [2.75, 3.05) is 18.0 Å². The Morgan fingerprint density at radius 3 is 2.60 bits per heavy atom. The van der Waals surface area contributed by atoms with Gasteiger partial charge in [-0.15, -0.1) is 11.3 Å². The molecule has 0 saturated heterocycles. The van der Waals surface area contributed by atoms with Gasteiger partial charge in [0.1, 0.15) is 0 Å². The lowest BCUT2D eigenvalue weighted by molar-refractivity contribution is 0.100. The van der Waals surface area contributed by atoms with Gasteiger partial charge in [0.15, 0.2) is 5.78 Å². The van der Waals surface area contributed by atoms with Gasteiger partial charge in [-0.2, -0.15) is 5.26 Å². The van der Waals surface area contributed by atoms with Crippen molar-refractivity contribution < 1.29 is 4.79 Å². The first-order chi connectivity index (χ1) is 9.70. The fourth-order valence-corrected chi connectivity index (χ4v) is 2.81. The summed E-state index contributed by atoms with van der Waals surface area (Å²) in [5.74, 6) is 0.0173. The van der Waals surface area contributed by atoms with Crippen LogP contribution in [-0.4, -0.2) is 18.9 Å². The first-order valence-corrected chi connectivity index (χ1v) is 7.35. The summed E-state index contributed by atoms with van der Waals surface area (Å²) in [5.41, 5.74) is 0.943. The van der Waals surface area contributed by atoms with E-state index in [0.29, 0.717) is 22.2 Å². The molecule has 5 heteroatoms. The molecule has 0 unspecified atom stereocenters. The van der Waals surface area contributed by atoms with Crippen LogP contribution in [0.25, 0.3) is 0 Å². The highest BCUT2D eigenvalue weighted by molar-refractivity contribution is 7.18. The zero-order chi connectivity index (χ0) is 14.4. The fourth-order valence-electron chi connectivity index (χ4n) is 1.84. The van der Waals surface area contributed by atoms with Gasteiger partial charge < -0.3 is 4.90 Å². The van der Waals surface area contributed by atoms with E-state index in [9.17, 15) is 4.79 Å². The first-order valence-electron chi connectivity index (χ1n) is 6.16. The minimum atomic E-state index is 0.0173. The van der Waals surface area contributed by atoms with E-state index in [1.807, 2.05) is 35.2 Å². The topological polar surface area (TPSA) is 44.1 Å². The Labute approximate surface area is 127 Å². The van der Waals surface area contributed by atoms with Crippen molar-refractivity contribution >= 4 is 34.4 Å². The number of nitrogens with zero attached hydrogens (tertiary/aromatic N) is 2. The van der Waals surface area contributed by atoms with Crippen LogP contribution >= 0.6 is 22.9 Å². The van der Waals surface area contributed by atoms with Gasteiger partial charge in [0.25, 0.3) is 0 Å². The van der Waals surface area contributed by atoms with Crippen molar-refractivity contribution in [1.82, 2.24) is 0 Å². The molecule has 0 spiro atoms. The van der Waals surface area contributed by atoms with E-state index in [4.69, 9.17) is 16.9 Å².